The molecule has 5 heteroatoms. The van der Waals surface area contributed by atoms with E-state index in [1.807, 2.05) is 24.3 Å². The summed E-state index contributed by atoms with van der Waals surface area (Å²) in [4.78, 5) is 12.6. The lowest BCUT2D eigenvalue weighted by molar-refractivity contribution is -0.961. The monoisotopic (exact) mass is 521 g/mol. The summed E-state index contributed by atoms with van der Waals surface area (Å²) in [7, 11) is 2.37. The van der Waals surface area contributed by atoms with Crippen LogP contribution >= 0.6 is 0 Å². The number of piperidine rings is 1. The van der Waals surface area contributed by atoms with E-state index in [4.69, 9.17) is 4.74 Å². The van der Waals surface area contributed by atoms with Crippen LogP contribution < -0.4 is 17.0 Å². The van der Waals surface area contributed by atoms with Gasteiger partial charge in [0.15, 0.2) is 6.10 Å². The van der Waals surface area contributed by atoms with Crippen LogP contribution in [0.25, 0.3) is 11.1 Å². The lowest BCUT2D eigenvalue weighted by Gasteiger charge is -2.47. The number of hydrogen-bond donors (Lipinski definition) is 1. The summed E-state index contributed by atoms with van der Waals surface area (Å²) < 4.78 is 6.81. The number of hydrogen-bond acceptors (Lipinski definition) is 3. The van der Waals surface area contributed by atoms with Crippen molar-refractivity contribution >= 4 is 5.97 Å². The highest BCUT2D eigenvalue weighted by Gasteiger charge is 2.52. The number of halogens is 1. The van der Waals surface area contributed by atoms with Gasteiger partial charge in [-0.25, -0.2) is 4.79 Å². The average molecular weight is 522 g/mol. The number of quaternary nitrogens is 1. The zero-order valence-corrected chi connectivity index (χ0v) is 21.1. The summed E-state index contributed by atoms with van der Waals surface area (Å²) in [5.74, 6) is -0.529. The lowest BCUT2D eigenvalue weighted by atomic mass is 9.95. The molecule has 5 rings (SSSR count). The molecule has 3 unspecified atom stereocenters. The molecule has 2 aliphatic rings. The van der Waals surface area contributed by atoms with Crippen molar-refractivity contribution in [3.63, 3.8) is 0 Å². The Morgan fingerprint density at radius 1 is 0.882 bits per heavy atom. The first-order valence-electron chi connectivity index (χ1n) is 12.0. The van der Waals surface area contributed by atoms with Crippen molar-refractivity contribution < 1.29 is 36.1 Å². The van der Waals surface area contributed by atoms with Gasteiger partial charge in [-0.2, -0.15) is 0 Å². The molecule has 3 aromatic rings. The number of esters is 1. The first-order chi connectivity index (χ1) is 16.0. The Kier molecular flexibility index (Phi) is 7.56. The van der Waals surface area contributed by atoms with Crippen molar-refractivity contribution in [3.05, 3.63) is 96.1 Å². The van der Waals surface area contributed by atoms with Crippen LogP contribution in [0.4, 0.5) is 0 Å². The van der Waals surface area contributed by atoms with E-state index >= 15 is 0 Å². The van der Waals surface area contributed by atoms with Gasteiger partial charge in [0.05, 0.1) is 19.1 Å². The largest absolute Gasteiger partial charge is 1.00 e. The number of aliphatic hydroxyl groups is 1. The molecule has 0 spiro atoms. The molecule has 34 heavy (non-hydrogen) atoms. The number of carbonyl (C=O) groups is 1. The van der Waals surface area contributed by atoms with E-state index in [1.165, 1.54) is 29.5 Å². The quantitative estimate of drug-likeness (QED) is 0.399. The van der Waals surface area contributed by atoms with E-state index < -0.39 is 12.1 Å². The summed E-state index contributed by atoms with van der Waals surface area (Å²) in [6.45, 7) is 0.998. The highest BCUT2D eigenvalue weighted by atomic mass is 79.9. The van der Waals surface area contributed by atoms with Crippen molar-refractivity contribution in [3.8, 4) is 11.1 Å². The van der Waals surface area contributed by atoms with Gasteiger partial charge in [0.1, 0.15) is 12.6 Å². The van der Waals surface area contributed by atoms with Crippen LogP contribution in [0.3, 0.4) is 0 Å². The molecular formula is C29H32BrNO3. The fourth-order valence-corrected chi connectivity index (χ4v) is 5.87. The van der Waals surface area contributed by atoms with Gasteiger partial charge >= 0.3 is 5.97 Å². The standard InChI is InChI=1S/C29H32NO3.BrH/c1-30(20-21-12-14-23(15-13-21)22-8-4-2-5-9-22)25-16-17-26(30)19-27(18-25)33-29(32)28(31)24-10-6-3-7-11-24;/h2-15,25-28,31H,16-20H2,1H3;1H/q+1;/p-1. The molecule has 2 saturated heterocycles. The smallest absolute Gasteiger partial charge is 0.339 e. The number of nitrogens with zero attached hydrogens (tertiary/aromatic N) is 1. The van der Waals surface area contributed by atoms with Crippen molar-refractivity contribution in [2.75, 3.05) is 7.05 Å². The first kappa shape index (κ1) is 24.6. The topological polar surface area (TPSA) is 46.5 Å². The number of benzene rings is 3. The summed E-state index contributed by atoms with van der Waals surface area (Å²) in [5.41, 5.74) is 4.42. The van der Waals surface area contributed by atoms with E-state index in [2.05, 4.69) is 55.6 Å². The van der Waals surface area contributed by atoms with Gasteiger partial charge < -0.3 is 31.3 Å². The maximum atomic E-state index is 12.6. The van der Waals surface area contributed by atoms with E-state index in [9.17, 15) is 9.90 Å². The fourth-order valence-electron chi connectivity index (χ4n) is 5.87. The Balaban J connectivity index is 0.00000274. The van der Waals surface area contributed by atoms with Gasteiger partial charge in [-0.3, -0.25) is 0 Å². The van der Waals surface area contributed by atoms with E-state index in [0.29, 0.717) is 17.6 Å². The van der Waals surface area contributed by atoms with Crippen LogP contribution in [0, 0.1) is 0 Å². The Hall–Kier alpha value is -2.47. The maximum Gasteiger partial charge on any atom is 0.339 e. The summed E-state index contributed by atoms with van der Waals surface area (Å²) in [6.07, 6.45) is 2.73. The minimum atomic E-state index is -1.21. The van der Waals surface area contributed by atoms with Crippen LogP contribution in [-0.2, 0) is 16.1 Å². The zero-order chi connectivity index (χ0) is 22.8. The van der Waals surface area contributed by atoms with Gasteiger partial charge in [0.2, 0.25) is 0 Å². The van der Waals surface area contributed by atoms with Gasteiger partial charge in [0, 0.05) is 31.2 Å². The molecule has 2 bridgehead atoms. The molecule has 0 saturated carbocycles. The Morgan fingerprint density at radius 3 is 2.00 bits per heavy atom. The Bertz CT molecular complexity index is 1070. The second-order valence-corrected chi connectivity index (χ2v) is 9.80. The Labute approximate surface area is 212 Å². The van der Waals surface area contributed by atoms with Gasteiger partial charge in [0.25, 0.3) is 0 Å². The first-order valence-corrected chi connectivity index (χ1v) is 12.0. The predicted molar refractivity (Wildman–Crippen MR) is 129 cm³/mol. The molecule has 2 aliphatic heterocycles. The number of fused-ring (bicyclic) bond motifs is 2. The molecule has 178 valence electrons. The molecule has 1 N–H and O–H groups in total. The molecule has 0 radical (unpaired) electrons. The molecule has 4 nitrogen and oxygen atoms in total. The Morgan fingerprint density at radius 2 is 1.41 bits per heavy atom. The highest BCUT2D eigenvalue weighted by molar-refractivity contribution is 5.76. The van der Waals surface area contributed by atoms with Crippen molar-refractivity contribution in [2.24, 2.45) is 0 Å². The highest BCUT2D eigenvalue weighted by Crippen LogP contribution is 2.43. The van der Waals surface area contributed by atoms with Crippen LogP contribution in [0.15, 0.2) is 84.9 Å². The summed E-state index contributed by atoms with van der Waals surface area (Å²) in [6, 6.07) is 29.4. The summed E-state index contributed by atoms with van der Waals surface area (Å²) >= 11 is 0. The third-order valence-electron chi connectivity index (χ3n) is 7.78. The second-order valence-electron chi connectivity index (χ2n) is 9.80. The molecule has 2 fully saturated rings. The van der Waals surface area contributed by atoms with Gasteiger partial charge in [-0.1, -0.05) is 84.9 Å². The summed E-state index contributed by atoms with van der Waals surface area (Å²) in [5, 5.41) is 10.4. The normalized spacial score (nSPS) is 26.4. The van der Waals surface area contributed by atoms with E-state index in [-0.39, 0.29) is 23.1 Å². The van der Waals surface area contributed by atoms with E-state index in [0.717, 1.165) is 23.9 Å². The molecule has 0 amide bonds. The molecular weight excluding hydrogens is 490 g/mol. The zero-order valence-electron chi connectivity index (χ0n) is 19.5. The molecule has 2 heterocycles. The minimum absolute atomic E-state index is 0. The minimum Gasteiger partial charge on any atom is -1.00 e. The van der Waals surface area contributed by atoms with E-state index in [1.54, 1.807) is 12.1 Å². The third kappa shape index (κ3) is 4.97. The number of carbonyl (C=O) groups excluding carboxylic acids is 1. The van der Waals surface area contributed by atoms with Crippen LogP contribution in [0.5, 0.6) is 0 Å². The van der Waals surface area contributed by atoms with Crippen molar-refractivity contribution in [2.45, 2.75) is 56.5 Å². The third-order valence-corrected chi connectivity index (χ3v) is 7.78. The van der Waals surface area contributed by atoms with Gasteiger partial charge in [-0.15, -0.1) is 0 Å². The maximum absolute atomic E-state index is 12.6. The molecule has 0 aromatic heterocycles. The second kappa shape index (κ2) is 10.4. The fraction of sp³-hybridized carbons (Fsp3) is 0.345. The van der Waals surface area contributed by atoms with Crippen molar-refractivity contribution in [1.29, 1.82) is 0 Å². The molecule has 3 atom stereocenters. The number of rotatable bonds is 6. The molecule has 3 aromatic carbocycles. The SMILES string of the molecule is C[N+]1(Cc2ccc(-c3ccccc3)cc2)C2CCC1CC(OC(=O)C(O)c1ccccc1)C2.[Br-]. The van der Waals surface area contributed by atoms with Crippen LogP contribution in [0.2, 0.25) is 0 Å². The number of ether oxygens (including phenoxy) is 1. The van der Waals surface area contributed by atoms with Crippen LogP contribution in [-0.4, -0.2) is 40.8 Å². The average Bonchev–Trinajstić information content (AvgIpc) is 3.01. The van der Waals surface area contributed by atoms with Gasteiger partial charge in [-0.05, 0) is 16.7 Å². The van der Waals surface area contributed by atoms with Crippen molar-refractivity contribution in [1.82, 2.24) is 0 Å². The number of aliphatic hydroxyl groups excluding tert-OH is 1. The molecule has 0 aliphatic carbocycles. The lowest BCUT2D eigenvalue weighted by Crippen LogP contribution is -3.00. The predicted octanol–water partition coefficient (Wildman–Crippen LogP) is 2.27. The van der Waals surface area contributed by atoms with Crippen LogP contribution in [0.1, 0.15) is 42.9 Å².